The van der Waals surface area contributed by atoms with E-state index in [0.717, 1.165) is 11.1 Å². The maximum absolute atomic E-state index is 11.7. The van der Waals surface area contributed by atoms with E-state index in [1.165, 1.54) is 0 Å². The Morgan fingerprint density at radius 3 is 2.53 bits per heavy atom. The van der Waals surface area contributed by atoms with Gasteiger partial charge in [0, 0.05) is 12.2 Å². The van der Waals surface area contributed by atoms with E-state index in [4.69, 9.17) is 0 Å². The average molecular weight is 281 g/mol. The van der Waals surface area contributed by atoms with E-state index in [1.807, 2.05) is 32.2 Å². The fraction of sp³-hybridized carbons (Fsp3) is 0.429. The monoisotopic (exact) mass is 281 g/mol. The summed E-state index contributed by atoms with van der Waals surface area (Å²) in [4.78, 5) is 22.9. The van der Waals surface area contributed by atoms with E-state index in [1.54, 1.807) is 17.8 Å². The largest absolute Gasteiger partial charge is 0.479 e. The number of rotatable bonds is 6. The van der Waals surface area contributed by atoms with Gasteiger partial charge in [-0.2, -0.15) is 11.8 Å². The quantitative estimate of drug-likeness (QED) is 0.839. The average Bonchev–Trinajstić information content (AvgIpc) is 2.36. The van der Waals surface area contributed by atoms with Gasteiger partial charge in [0.1, 0.15) is 0 Å². The molecule has 0 aromatic heterocycles. The molecular weight excluding hydrogens is 262 g/mol. The molecule has 1 atom stereocenters. The first-order valence-electron chi connectivity index (χ1n) is 6.04. The molecule has 1 aromatic carbocycles. The van der Waals surface area contributed by atoms with Crippen LogP contribution >= 0.6 is 11.8 Å². The van der Waals surface area contributed by atoms with E-state index in [9.17, 15) is 14.7 Å². The van der Waals surface area contributed by atoms with Crippen molar-refractivity contribution < 1.29 is 14.7 Å². The number of carboxylic acids is 1. The fourth-order valence-corrected chi connectivity index (χ4v) is 2.05. The fourth-order valence-electron chi connectivity index (χ4n) is 1.66. The van der Waals surface area contributed by atoms with Gasteiger partial charge >= 0.3 is 5.97 Å². The second-order valence-corrected chi connectivity index (χ2v) is 5.41. The first-order valence-corrected chi connectivity index (χ1v) is 7.43. The van der Waals surface area contributed by atoms with Crippen LogP contribution in [-0.4, -0.2) is 29.0 Å². The van der Waals surface area contributed by atoms with Crippen molar-refractivity contribution in [2.24, 2.45) is 0 Å². The summed E-state index contributed by atoms with van der Waals surface area (Å²) in [6, 6.07) is 4.45. The zero-order valence-corrected chi connectivity index (χ0v) is 12.2. The van der Waals surface area contributed by atoms with Gasteiger partial charge in [0.05, 0.1) is 0 Å². The molecule has 0 radical (unpaired) electrons. The molecule has 0 aliphatic carbocycles. The Morgan fingerprint density at radius 1 is 1.32 bits per heavy atom. The van der Waals surface area contributed by atoms with Gasteiger partial charge in [-0.15, -0.1) is 0 Å². The summed E-state index contributed by atoms with van der Waals surface area (Å²) in [6.45, 7) is 3.89. The van der Waals surface area contributed by atoms with Crippen molar-refractivity contribution in [3.63, 3.8) is 0 Å². The summed E-state index contributed by atoms with van der Waals surface area (Å²) in [7, 11) is 0. The van der Waals surface area contributed by atoms with Gasteiger partial charge in [0.25, 0.3) is 0 Å². The number of carbonyl (C=O) groups excluding carboxylic acids is 1. The summed E-state index contributed by atoms with van der Waals surface area (Å²) < 4.78 is 0. The molecule has 19 heavy (non-hydrogen) atoms. The SMILES string of the molecule is CSCCC(=O)NC(C(=O)O)c1ccc(C)c(C)c1. The molecule has 0 fully saturated rings. The molecule has 0 aliphatic heterocycles. The number of nitrogens with one attached hydrogen (secondary N) is 1. The second kappa shape index (κ2) is 7.19. The van der Waals surface area contributed by atoms with Crippen LogP contribution < -0.4 is 5.32 Å². The smallest absolute Gasteiger partial charge is 0.330 e. The summed E-state index contributed by atoms with van der Waals surface area (Å²) in [6.07, 6.45) is 2.24. The molecule has 0 aliphatic rings. The zero-order chi connectivity index (χ0) is 14.4. The lowest BCUT2D eigenvalue weighted by atomic mass is 10.0. The minimum atomic E-state index is -1.04. The van der Waals surface area contributed by atoms with Crippen LogP contribution in [0.25, 0.3) is 0 Å². The van der Waals surface area contributed by atoms with Gasteiger partial charge < -0.3 is 10.4 Å². The predicted octanol–water partition coefficient (Wildman–Crippen LogP) is 2.30. The van der Waals surface area contributed by atoms with Crippen LogP contribution in [0.4, 0.5) is 0 Å². The van der Waals surface area contributed by atoms with Crippen LogP contribution in [0, 0.1) is 13.8 Å². The first kappa shape index (κ1) is 15.6. The molecule has 0 saturated heterocycles. The van der Waals surface area contributed by atoms with E-state index in [2.05, 4.69) is 5.32 Å². The number of amides is 1. The number of carboxylic acid groups (broad SMARTS) is 1. The van der Waals surface area contributed by atoms with Crippen LogP contribution in [0.1, 0.15) is 29.2 Å². The third kappa shape index (κ3) is 4.59. The Bertz CT molecular complexity index is 474. The molecule has 1 rings (SSSR count). The minimum Gasteiger partial charge on any atom is -0.479 e. The molecule has 2 N–H and O–H groups in total. The Balaban J connectivity index is 2.85. The number of aliphatic carboxylic acids is 1. The lowest BCUT2D eigenvalue weighted by molar-refractivity contribution is -0.142. The molecular formula is C14H19NO3S. The van der Waals surface area contributed by atoms with Gasteiger partial charge in [-0.1, -0.05) is 18.2 Å². The van der Waals surface area contributed by atoms with Gasteiger partial charge in [-0.3, -0.25) is 4.79 Å². The molecule has 5 heteroatoms. The highest BCUT2D eigenvalue weighted by Crippen LogP contribution is 2.17. The first-order chi connectivity index (χ1) is 8.95. The van der Waals surface area contributed by atoms with E-state index < -0.39 is 12.0 Å². The van der Waals surface area contributed by atoms with Gasteiger partial charge in [0.2, 0.25) is 5.91 Å². The minimum absolute atomic E-state index is 0.236. The number of hydrogen-bond acceptors (Lipinski definition) is 3. The van der Waals surface area contributed by atoms with Gasteiger partial charge in [-0.25, -0.2) is 4.79 Å². The van der Waals surface area contributed by atoms with Gasteiger partial charge in [0.15, 0.2) is 6.04 Å². The number of thioether (sulfide) groups is 1. The maximum atomic E-state index is 11.7. The molecule has 0 saturated carbocycles. The molecule has 0 spiro atoms. The molecule has 1 amide bonds. The Hall–Kier alpha value is -1.49. The summed E-state index contributed by atoms with van der Waals surface area (Å²) in [5, 5.41) is 11.8. The summed E-state index contributed by atoms with van der Waals surface area (Å²) in [5.41, 5.74) is 2.72. The Kier molecular flexibility index (Phi) is 5.89. The molecule has 1 aromatic rings. The maximum Gasteiger partial charge on any atom is 0.330 e. The van der Waals surface area contributed by atoms with E-state index in [-0.39, 0.29) is 5.91 Å². The Morgan fingerprint density at radius 2 is 2.00 bits per heavy atom. The van der Waals surface area contributed by atoms with Crippen molar-refractivity contribution >= 4 is 23.6 Å². The van der Waals surface area contributed by atoms with Crippen LogP contribution in [-0.2, 0) is 9.59 Å². The van der Waals surface area contributed by atoms with Crippen molar-refractivity contribution in [1.82, 2.24) is 5.32 Å². The van der Waals surface area contributed by atoms with Crippen LogP contribution in [0.3, 0.4) is 0 Å². The van der Waals surface area contributed by atoms with Crippen molar-refractivity contribution in [1.29, 1.82) is 0 Å². The summed E-state index contributed by atoms with van der Waals surface area (Å²) >= 11 is 1.56. The normalized spacial score (nSPS) is 11.9. The van der Waals surface area contributed by atoms with Crippen molar-refractivity contribution in [2.75, 3.05) is 12.0 Å². The van der Waals surface area contributed by atoms with Crippen molar-refractivity contribution in [3.8, 4) is 0 Å². The van der Waals surface area contributed by atoms with Gasteiger partial charge in [-0.05, 0) is 36.8 Å². The summed E-state index contributed by atoms with van der Waals surface area (Å²) in [5.74, 6) is -0.591. The van der Waals surface area contributed by atoms with Crippen LogP contribution in [0.2, 0.25) is 0 Å². The second-order valence-electron chi connectivity index (χ2n) is 4.43. The third-order valence-electron chi connectivity index (χ3n) is 2.95. The molecule has 1 unspecified atom stereocenters. The highest BCUT2D eigenvalue weighted by atomic mass is 32.2. The van der Waals surface area contributed by atoms with Crippen molar-refractivity contribution in [3.05, 3.63) is 34.9 Å². The van der Waals surface area contributed by atoms with Crippen LogP contribution in [0.5, 0.6) is 0 Å². The number of aryl methyl sites for hydroxylation is 2. The third-order valence-corrected chi connectivity index (χ3v) is 3.56. The highest BCUT2D eigenvalue weighted by molar-refractivity contribution is 7.98. The standard InChI is InChI=1S/C14H19NO3S/c1-9-4-5-11(8-10(9)2)13(14(17)18)15-12(16)6-7-19-3/h4-5,8,13H,6-7H2,1-3H3,(H,15,16)(H,17,18). The van der Waals surface area contributed by atoms with Crippen molar-refractivity contribution in [2.45, 2.75) is 26.3 Å². The lowest BCUT2D eigenvalue weighted by Crippen LogP contribution is -2.34. The lowest BCUT2D eigenvalue weighted by Gasteiger charge is -2.16. The molecule has 0 heterocycles. The highest BCUT2D eigenvalue weighted by Gasteiger charge is 2.22. The topological polar surface area (TPSA) is 66.4 Å². The number of carbonyl (C=O) groups is 2. The molecule has 0 bridgehead atoms. The Labute approximate surface area is 117 Å². The molecule has 104 valence electrons. The van der Waals surface area contributed by atoms with E-state index >= 15 is 0 Å². The molecule has 4 nitrogen and oxygen atoms in total. The van der Waals surface area contributed by atoms with Crippen LogP contribution in [0.15, 0.2) is 18.2 Å². The predicted molar refractivity (Wildman–Crippen MR) is 77.4 cm³/mol. The number of benzene rings is 1. The number of hydrogen-bond donors (Lipinski definition) is 2. The van der Waals surface area contributed by atoms with E-state index in [0.29, 0.717) is 17.7 Å². The zero-order valence-electron chi connectivity index (χ0n) is 11.4.